The number of halogens is 1. The second kappa shape index (κ2) is 10.2. The van der Waals surface area contributed by atoms with Gasteiger partial charge in [-0.2, -0.15) is 4.99 Å². The molecule has 3 heterocycles. The van der Waals surface area contributed by atoms with Gasteiger partial charge in [0.1, 0.15) is 11.6 Å². The summed E-state index contributed by atoms with van der Waals surface area (Å²) in [5, 5.41) is 3.87. The maximum Gasteiger partial charge on any atom is 0.223 e. The highest BCUT2D eigenvalue weighted by molar-refractivity contribution is 14.1. The van der Waals surface area contributed by atoms with Crippen molar-refractivity contribution in [2.45, 2.75) is 51.2 Å². The van der Waals surface area contributed by atoms with Crippen molar-refractivity contribution < 1.29 is 4.74 Å². The van der Waals surface area contributed by atoms with Crippen molar-refractivity contribution in [3.8, 4) is 0 Å². The summed E-state index contributed by atoms with van der Waals surface area (Å²) in [5.41, 5.74) is 0. The first kappa shape index (κ1) is 23.0. The summed E-state index contributed by atoms with van der Waals surface area (Å²) in [7, 11) is 3.93. The number of rotatable bonds is 3. The van der Waals surface area contributed by atoms with E-state index in [1.54, 1.807) is 7.11 Å². The zero-order valence-corrected chi connectivity index (χ0v) is 21.5. The summed E-state index contributed by atoms with van der Waals surface area (Å²) in [6.45, 7) is 11.0. The molecule has 8 heteroatoms. The lowest BCUT2D eigenvalue weighted by molar-refractivity contribution is 0.213. The van der Waals surface area contributed by atoms with Crippen LogP contribution in [0.15, 0.2) is 31.5 Å². The second-order valence-corrected chi connectivity index (χ2v) is 10.5. The molecular formula is C23H37IN6O. The zero-order chi connectivity index (χ0) is 22.0. The number of fused-ring (bicyclic) bond motifs is 1. The molecule has 3 unspecified atom stereocenters. The van der Waals surface area contributed by atoms with Crippen LogP contribution in [0.4, 0.5) is 0 Å². The second-order valence-electron chi connectivity index (χ2n) is 9.38. The van der Waals surface area contributed by atoms with Gasteiger partial charge in [0.2, 0.25) is 5.96 Å². The van der Waals surface area contributed by atoms with Gasteiger partial charge < -0.3 is 24.8 Å². The Labute approximate surface area is 200 Å². The Bertz CT molecular complexity index is 768. The van der Waals surface area contributed by atoms with E-state index in [1.165, 1.54) is 19.4 Å². The van der Waals surface area contributed by atoms with E-state index in [-0.39, 0.29) is 12.0 Å². The largest absolute Gasteiger partial charge is 0.496 e. The zero-order valence-electron chi connectivity index (χ0n) is 19.4. The highest BCUT2D eigenvalue weighted by Crippen LogP contribution is 2.32. The first-order valence-corrected chi connectivity index (χ1v) is 12.8. The Morgan fingerprint density at radius 2 is 1.87 bits per heavy atom. The average molecular weight is 540 g/mol. The molecule has 0 amide bonds. The van der Waals surface area contributed by atoms with Crippen LogP contribution in [-0.2, 0) is 4.74 Å². The molecule has 0 radical (unpaired) electrons. The maximum absolute atomic E-state index is 5.64. The molecule has 172 valence electrons. The molecule has 3 atom stereocenters. The Morgan fingerprint density at radius 3 is 2.58 bits per heavy atom. The Kier molecular flexibility index (Phi) is 7.59. The number of hydrogen-bond donors (Lipinski definition) is 1. The number of guanidine groups is 1. The number of methoxy groups -OCH3 is 1. The SMILES string of the molecule is COC1=CC2C(NC3CCCN(C(C)C)CC3)=NC(N3CCN(C)CC3)=NC2C=C1I. The van der Waals surface area contributed by atoms with Crippen molar-refractivity contribution in [1.29, 1.82) is 0 Å². The quantitative estimate of drug-likeness (QED) is 0.559. The van der Waals surface area contributed by atoms with Gasteiger partial charge in [-0.05, 0) is 81.4 Å². The van der Waals surface area contributed by atoms with Crippen LogP contribution < -0.4 is 5.32 Å². The first-order valence-electron chi connectivity index (χ1n) is 11.7. The molecule has 7 nitrogen and oxygen atoms in total. The molecule has 0 spiro atoms. The van der Waals surface area contributed by atoms with E-state index in [9.17, 15) is 0 Å². The molecule has 0 bridgehead atoms. The number of piperazine rings is 1. The number of likely N-dealkylation sites (N-methyl/N-ethyl adjacent to an activating group) is 1. The summed E-state index contributed by atoms with van der Waals surface area (Å²) in [4.78, 5) is 17.5. The Morgan fingerprint density at radius 1 is 1.10 bits per heavy atom. The normalized spacial score (nSPS) is 30.6. The van der Waals surface area contributed by atoms with E-state index in [1.807, 2.05) is 0 Å². The molecule has 0 aromatic carbocycles. The predicted molar refractivity (Wildman–Crippen MR) is 136 cm³/mol. The Hall–Kier alpha value is -1.13. The van der Waals surface area contributed by atoms with E-state index in [4.69, 9.17) is 14.7 Å². The molecule has 0 saturated carbocycles. The van der Waals surface area contributed by atoms with E-state index in [0.29, 0.717) is 12.1 Å². The minimum absolute atomic E-state index is 0.0818. The van der Waals surface area contributed by atoms with Gasteiger partial charge in [0.15, 0.2) is 0 Å². The van der Waals surface area contributed by atoms with Crippen molar-refractivity contribution in [2.24, 2.45) is 15.9 Å². The van der Waals surface area contributed by atoms with E-state index >= 15 is 0 Å². The number of ether oxygens (including phenoxy) is 1. The van der Waals surface area contributed by atoms with E-state index in [0.717, 1.165) is 60.3 Å². The number of allylic oxidation sites excluding steroid dienone is 1. The summed E-state index contributed by atoms with van der Waals surface area (Å²) >= 11 is 2.36. The highest BCUT2D eigenvalue weighted by atomic mass is 127. The molecule has 2 saturated heterocycles. The van der Waals surface area contributed by atoms with Gasteiger partial charge in [-0.25, -0.2) is 4.99 Å². The standard InChI is InChI=1S/C23H37IN6O/c1-16(2)29-8-5-6-17(7-9-29)25-22-18-14-21(31-4)19(24)15-20(18)26-23(27-22)30-12-10-28(3)11-13-30/h14-18,20H,5-13H2,1-4H3,(H,25,26,27). The third-order valence-electron chi connectivity index (χ3n) is 6.90. The van der Waals surface area contributed by atoms with Crippen LogP contribution in [0.2, 0.25) is 0 Å². The van der Waals surface area contributed by atoms with Crippen molar-refractivity contribution in [3.63, 3.8) is 0 Å². The molecule has 1 N–H and O–H groups in total. The summed E-state index contributed by atoms with van der Waals surface area (Å²) < 4.78 is 6.77. The van der Waals surface area contributed by atoms with Crippen LogP contribution >= 0.6 is 22.6 Å². The molecule has 0 aromatic heterocycles. The van der Waals surface area contributed by atoms with Gasteiger partial charge in [-0.15, -0.1) is 0 Å². The Balaban J connectivity index is 1.55. The molecule has 4 aliphatic rings. The summed E-state index contributed by atoms with van der Waals surface area (Å²) in [6, 6.07) is 1.15. The van der Waals surface area contributed by atoms with Crippen LogP contribution in [-0.4, -0.2) is 98.0 Å². The van der Waals surface area contributed by atoms with Gasteiger partial charge >= 0.3 is 0 Å². The van der Waals surface area contributed by atoms with Crippen LogP contribution in [0.5, 0.6) is 0 Å². The minimum atomic E-state index is 0.0818. The molecule has 3 aliphatic heterocycles. The molecule has 4 rings (SSSR count). The lowest BCUT2D eigenvalue weighted by atomic mass is 9.91. The minimum Gasteiger partial charge on any atom is -0.496 e. The van der Waals surface area contributed by atoms with Crippen LogP contribution in [0.25, 0.3) is 0 Å². The first-order chi connectivity index (χ1) is 14.9. The topological polar surface area (TPSA) is 55.7 Å². The molecule has 2 fully saturated rings. The van der Waals surface area contributed by atoms with Crippen molar-refractivity contribution in [1.82, 2.24) is 20.0 Å². The van der Waals surface area contributed by atoms with Crippen molar-refractivity contribution in [2.75, 3.05) is 53.4 Å². The smallest absolute Gasteiger partial charge is 0.223 e. The maximum atomic E-state index is 5.64. The number of amidine groups is 1. The third kappa shape index (κ3) is 5.45. The molecule has 0 aromatic rings. The van der Waals surface area contributed by atoms with Crippen LogP contribution in [0.1, 0.15) is 33.1 Å². The fraction of sp³-hybridized carbons (Fsp3) is 0.739. The number of nitrogens with one attached hydrogen (secondary N) is 1. The van der Waals surface area contributed by atoms with Crippen LogP contribution in [0, 0.1) is 5.92 Å². The lowest BCUT2D eigenvalue weighted by Gasteiger charge is -2.37. The van der Waals surface area contributed by atoms with Crippen molar-refractivity contribution >= 4 is 34.4 Å². The highest BCUT2D eigenvalue weighted by Gasteiger charge is 2.35. The van der Waals surface area contributed by atoms with E-state index < -0.39 is 0 Å². The van der Waals surface area contributed by atoms with Crippen LogP contribution in [0.3, 0.4) is 0 Å². The predicted octanol–water partition coefficient (Wildman–Crippen LogP) is 2.70. The summed E-state index contributed by atoms with van der Waals surface area (Å²) in [6.07, 6.45) is 8.02. The molecule has 1 aliphatic carbocycles. The van der Waals surface area contributed by atoms with Gasteiger partial charge in [0.05, 0.1) is 22.6 Å². The van der Waals surface area contributed by atoms with E-state index in [2.05, 4.69) is 75.7 Å². The van der Waals surface area contributed by atoms with Gasteiger partial charge in [0, 0.05) is 44.8 Å². The lowest BCUT2D eigenvalue weighted by Crippen LogP contribution is -2.51. The number of nitrogens with zero attached hydrogens (tertiary/aromatic N) is 5. The number of hydrogen-bond acceptors (Lipinski definition) is 7. The van der Waals surface area contributed by atoms with Gasteiger partial charge in [-0.1, -0.05) is 0 Å². The summed E-state index contributed by atoms with van der Waals surface area (Å²) in [5.74, 6) is 3.01. The number of likely N-dealkylation sites (tertiary alicyclic amines) is 1. The third-order valence-corrected chi connectivity index (χ3v) is 7.79. The fourth-order valence-electron chi connectivity index (χ4n) is 4.82. The van der Waals surface area contributed by atoms with Crippen molar-refractivity contribution in [3.05, 3.63) is 21.5 Å². The fourth-order valence-corrected chi connectivity index (χ4v) is 5.59. The molecule has 31 heavy (non-hydrogen) atoms. The molecular weight excluding hydrogens is 503 g/mol. The monoisotopic (exact) mass is 540 g/mol. The van der Waals surface area contributed by atoms with Gasteiger partial charge in [-0.3, -0.25) is 0 Å². The van der Waals surface area contributed by atoms with Gasteiger partial charge in [0.25, 0.3) is 0 Å². The number of aliphatic imine (C=N–C) groups is 2. The average Bonchev–Trinajstić information content (AvgIpc) is 2.99.